The third-order valence-electron chi connectivity index (χ3n) is 3.16. The number of imidazole rings is 1. The lowest BCUT2D eigenvalue weighted by Gasteiger charge is -2.07. The molecular formula is C15H19N3O4. The van der Waals surface area contributed by atoms with Crippen LogP contribution in [0.15, 0.2) is 18.3 Å². The Morgan fingerprint density at radius 2 is 2.23 bits per heavy atom. The standard InChI is InChI=1S/C15H19N3O4/c1-3-22-11-6-5-9-18-13(10(2)17-14(11)18)15(21)16-8-4-7-12(19)20/h5-6,9H,3-4,7-8H2,1-2H3,(H,16,21)(H,19,20). The molecule has 0 fully saturated rings. The number of aromatic nitrogens is 2. The van der Waals surface area contributed by atoms with Crippen LogP contribution in [-0.2, 0) is 4.79 Å². The van der Waals surface area contributed by atoms with Gasteiger partial charge in [-0.1, -0.05) is 0 Å². The molecule has 0 aromatic carbocycles. The molecule has 0 spiro atoms. The first-order valence-electron chi connectivity index (χ1n) is 7.15. The summed E-state index contributed by atoms with van der Waals surface area (Å²) in [6, 6.07) is 3.60. The van der Waals surface area contributed by atoms with E-state index in [9.17, 15) is 9.59 Å². The summed E-state index contributed by atoms with van der Waals surface area (Å²) >= 11 is 0. The topological polar surface area (TPSA) is 92.9 Å². The lowest BCUT2D eigenvalue weighted by atomic mass is 10.3. The van der Waals surface area contributed by atoms with Gasteiger partial charge in [0.15, 0.2) is 11.4 Å². The molecule has 0 aliphatic carbocycles. The maximum atomic E-state index is 12.3. The number of carboxylic acids is 1. The molecule has 2 heterocycles. The second-order valence-corrected chi connectivity index (χ2v) is 4.80. The molecule has 0 bridgehead atoms. The third kappa shape index (κ3) is 3.36. The Balaban J connectivity index is 2.20. The number of pyridine rings is 1. The van der Waals surface area contributed by atoms with E-state index in [1.54, 1.807) is 29.7 Å². The number of carbonyl (C=O) groups excluding carboxylic acids is 1. The van der Waals surface area contributed by atoms with Gasteiger partial charge in [0.25, 0.3) is 5.91 Å². The van der Waals surface area contributed by atoms with Crippen LogP contribution in [0.25, 0.3) is 5.65 Å². The molecule has 7 nitrogen and oxygen atoms in total. The van der Waals surface area contributed by atoms with Gasteiger partial charge in [0.1, 0.15) is 5.69 Å². The number of nitrogens with zero attached hydrogens (tertiary/aromatic N) is 2. The van der Waals surface area contributed by atoms with Crippen LogP contribution in [0, 0.1) is 6.92 Å². The molecule has 7 heteroatoms. The molecule has 0 aliphatic rings. The number of hydrogen-bond donors (Lipinski definition) is 2. The molecular weight excluding hydrogens is 286 g/mol. The van der Waals surface area contributed by atoms with E-state index in [4.69, 9.17) is 9.84 Å². The van der Waals surface area contributed by atoms with Gasteiger partial charge in [-0.15, -0.1) is 0 Å². The predicted octanol–water partition coefficient (Wildman–Crippen LogP) is 1.64. The summed E-state index contributed by atoms with van der Waals surface area (Å²) < 4.78 is 7.20. The molecule has 0 aliphatic heterocycles. The van der Waals surface area contributed by atoms with E-state index in [1.807, 2.05) is 6.92 Å². The fourth-order valence-electron chi connectivity index (χ4n) is 2.22. The number of carboxylic acid groups (broad SMARTS) is 1. The zero-order valence-corrected chi connectivity index (χ0v) is 12.6. The highest BCUT2D eigenvalue weighted by molar-refractivity contribution is 5.95. The van der Waals surface area contributed by atoms with Crippen LogP contribution in [-0.4, -0.2) is 39.5 Å². The van der Waals surface area contributed by atoms with Crippen molar-refractivity contribution in [2.24, 2.45) is 0 Å². The quantitative estimate of drug-likeness (QED) is 0.758. The van der Waals surface area contributed by atoms with Gasteiger partial charge in [-0.2, -0.15) is 0 Å². The molecule has 0 atom stereocenters. The van der Waals surface area contributed by atoms with Crippen LogP contribution < -0.4 is 10.1 Å². The average Bonchev–Trinajstić information content (AvgIpc) is 2.81. The number of hydrogen-bond acceptors (Lipinski definition) is 4. The lowest BCUT2D eigenvalue weighted by Crippen LogP contribution is -2.26. The van der Waals surface area contributed by atoms with Gasteiger partial charge >= 0.3 is 5.97 Å². The zero-order chi connectivity index (χ0) is 16.1. The fourth-order valence-corrected chi connectivity index (χ4v) is 2.22. The minimum absolute atomic E-state index is 0.0287. The highest BCUT2D eigenvalue weighted by Crippen LogP contribution is 2.21. The van der Waals surface area contributed by atoms with Crippen molar-refractivity contribution in [2.45, 2.75) is 26.7 Å². The first-order valence-corrected chi connectivity index (χ1v) is 7.15. The summed E-state index contributed by atoms with van der Waals surface area (Å²) in [6.45, 7) is 4.47. The van der Waals surface area contributed by atoms with E-state index in [-0.39, 0.29) is 12.3 Å². The highest BCUT2D eigenvalue weighted by Gasteiger charge is 2.18. The molecule has 22 heavy (non-hydrogen) atoms. The van der Waals surface area contributed by atoms with E-state index in [0.29, 0.717) is 42.4 Å². The second-order valence-electron chi connectivity index (χ2n) is 4.80. The molecule has 1 amide bonds. The smallest absolute Gasteiger partial charge is 0.303 e. The predicted molar refractivity (Wildman–Crippen MR) is 80.3 cm³/mol. The summed E-state index contributed by atoms with van der Waals surface area (Å²) in [5.74, 6) is -0.524. The van der Waals surface area contributed by atoms with Crippen LogP contribution >= 0.6 is 0 Å². The Labute approximate surface area is 127 Å². The van der Waals surface area contributed by atoms with Crippen molar-refractivity contribution in [3.63, 3.8) is 0 Å². The first-order chi connectivity index (χ1) is 10.5. The SMILES string of the molecule is CCOc1cccn2c(C(=O)NCCCC(=O)O)c(C)nc12. The maximum absolute atomic E-state index is 12.3. The number of fused-ring (bicyclic) bond motifs is 1. The van der Waals surface area contributed by atoms with Crippen molar-refractivity contribution in [2.75, 3.05) is 13.2 Å². The molecule has 2 rings (SSSR count). The minimum atomic E-state index is -0.874. The van der Waals surface area contributed by atoms with Crippen LogP contribution in [0.5, 0.6) is 5.75 Å². The highest BCUT2D eigenvalue weighted by atomic mass is 16.5. The molecule has 0 saturated heterocycles. The first kappa shape index (κ1) is 15.8. The van der Waals surface area contributed by atoms with E-state index in [0.717, 1.165) is 0 Å². The Kier molecular flexibility index (Phi) is 4.98. The van der Waals surface area contributed by atoms with Gasteiger partial charge in [0, 0.05) is 19.2 Å². The van der Waals surface area contributed by atoms with Gasteiger partial charge in [-0.25, -0.2) is 4.98 Å². The Hall–Kier alpha value is -2.57. The molecule has 2 aromatic heterocycles. The maximum Gasteiger partial charge on any atom is 0.303 e. The number of rotatable bonds is 7. The summed E-state index contributed by atoms with van der Waals surface area (Å²) in [6.07, 6.45) is 2.17. The number of ether oxygens (including phenoxy) is 1. The number of carbonyl (C=O) groups is 2. The lowest BCUT2D eigenvalue weighted by molar-refractivity contribution is -0.137. The van der Waals surface area contributed by atoms with E-state index in [2.05, 4.69) is 10.3 Å². The van der Waals surface area contributed by atoms with Crippen LogP contribution in [0.3, 0.4) is 0 Å². The number of amides is 1. The van der Waals surface area contributed by atoms with Crippen molar-refractivity contribution in [1.82, 2.24) is 14.7 Å². The van der Waals surface area contributed by atoms with Crippen molar-refractivity contribution >= 4 is 17.5 Å². The largest absolute Gasteiger partial charge is 0.490 e. The van der Waals surface area contributed by atoms with Crippen LogP contribution in [0.4, 0.5) is 0 Å². The van der Waals surface area contributed by atoms with Gasteiger partial charge in [0.2, 0.25) is 0 Å². The Morgan fingerprint density at radius 3 is 2.91 bits per heavy atom. The molecule has 2 aromatic rings. The second kappa shape index (κ2) is 6.93. The van der Waals surface area contributed by atoms with Gasteiger partial charge in [-0.3, -0.25) is 14.0 Å². The van der Waals surface area contributed by atoms with E-state index >= 15 is 0 Å². The summed E-state index contributed by atoms with van der Waals surface area (Å²) in [7, 11) is 0. The van der Waals surface area contributed by atoms with Crippen molar-refractivity contribution in [3.05, 3.63) is 29.7 Å². The Morgan fingerprint density at radius 1 is 1.45 bits per heavy atom. The van der Waals surface area contributed by atoms with Gasteiger partial charge in [-0.05, 0) is 32.4 Å². The average molecular weight is 305 g/mol. The van der Waals surface area contributed by atoms with E-state index in [1.165, 1.54) is 0 Å². The molecule has 0 radical (unpaired) electrons. The normalized spacial score (nSPS) is 10.6. The Bertz CT molecular complexity index is 693. The van der Waals surface area contributed by atoms with Crippen molar-refractivity contribution in [3.8, 4) is 5.75 Å². The molecule has 2 N–H and O–H groups in total. The third-order valence-corrected chi connectivity index (χ3v) is 3.16. The van der Waals surface area contributed by atoms with Crippen LogP contribution in [0.2, 0.25) is 0 Å². The number of nitrogens with one attached hydrogen (secondary N) is 1. The summed E-state index contributed by atoms with van der Waals surface area (Å²) in [5, 5.41) is 11.3. The fraction of sp³-hybridized carbons (Fsp3) is 0.400. The van der Waals surface area contributed by atoms with Gasteiger partial charge < -0.3 is 15.2 Å². The minimum Gasteiger partial charge on any atom is -0.490 e. The van der Waals surface area contributed by atoms with Crippen LogP contribution in [0.1, 0.15) is 35.9 Å². The zero-order valence-electron chi connectivity index (χ0n) is 12.6. The van der Waals surface area contributed by atoms with Crippen molar-refractivity contribution in [1.29, 1.82) is 0 Å². The summed E-state index contributed by atoms with van der Waals surface area (Å²) in [5.41, 5.74) is 1.63. The van der Waals surface area contributed by atoms with Crippen molar-refractivity contribution < 1.29 is 19.4 Å². The van der Waals surface area contributed by atoms with Gasteiger partial charge in [0.05, 0.1) is 12.3 Å². The summed E-state index contributed by atoms with van der Waals surface area (Å²) in [4.78, 5) is 27.1. The monoisotopic (exact) mass is 305 g/mol. The molecule has 0 unspecified atom stereocenters. The molecule has 118 valence electrons. The number of aryl methyl sites for hydroxylation is 1. The number of aliphatic carboxylic acids is 1. The molecule has 0 saturated carbocycles. The van der Waals surface area contributed by atoms with E-state index < -0.39 is 5.97 Å².